The number of Topliss-reactive ketones (excluding diaryl/α,β-unsaturated/α-hetero) is 2. The molecule has 0 spiro atoms. The molecule has 2 aromatic rings. The molecule has 196 valence electrons. The zero-order valence-corrected chi connectivity index (χ0v) is 21.5. The summed E-state index contributed by atoms with van der Waals surface area (Å²) >= 11 is 0. The number of hydrogen-bond donors (Lipinski definition) is 4. The molecule has 5 rings (SSSR count). The van der Waals surface area contributed by atoms with Gasteiger partial charge in [0, 0.05) is 29.0 Å². The lowest BCUT2D eigenvalue weighted by atomic mass is 9.63. The number of rotatable bonds is 3. The number of nitrogens with two attached hydrogens (primary N) is 1. The summed E-state index contributed by atoms with van der Waals surface area (Å²) in [6.45, 7) is 5.51. The molecule has 38 heavy (non-hydrogen) atoms. The molecule has 0 aliphatic heterocycles. The molecule has 0 heterocycles. The molecule has 5 N–H and O–H groups in total. The number of aliphatic hydroxyl groups is 1. The first-order valence-corrected chi connectivity index (χ1v) is 12.7. The standard InChI is InChI=1S/C30H30N2O6/c1-30(2,3)29(38)32-17-6-4-14(5-7-17)18-8-9-22(33)24-21(18)11-15-10-16-12-23(34)25(28(31)37)27(36)20(16)13-19(15)26(24)35/h4-9,13,15-16,20,33,36H,10-12H2,1-3H3,(H2,31,37)(H,32,38)/t15-,16+,20?/m1/s1. The van der Waals surface area contributed by atoms with E-state index < -0.39 is 28.6 Å². The van der Waals surface area contributed by atoms with Crippen molar-refractivity contribution in [2.45, 2.75) is 40.0 Å². The molecule has 1 unspecified atom stereocenters. The van der Waals surface area contributed by atoms with Crippen molar-refractivity contribution in [3.05, 3.63) is 70.5 Å². The number of hydrogen-bond acceptors (Lipinski definition) is 6. The maximum absolute atomic E-state index is 13.7. The molecule has 0 fully saturated rings. The summed E-state index contributed by atoms with van der Waals surface area (Å²) in [4.78, 5) is 50.2. The number of primary amides is 1. The number of allylic oxidation sites excluding steroid dienone is 2. The fourth-order valence-corrected chi connectivity index (χ4v) is 5.80. The van der Waals surface area contributed by atoms with Crippen LogP contribution in [0.3, 0.4) is 0 Å². The number of carbonyl (C=O) groups excluding carboxylic acids is 4. The Labute approximate surface area is 220 Å². The number of aromatic hydroxyl groups is 1. The lowest BCUT2D eigenvalue weighted by molar-refractivity contribution is -0.124. The van der Waals surface area contributed by atoms with Crippen LogP contribution < -0.4 is 11.1 Å². The first-order chi connectivity index (χ1) is 17.9. The number of carbonyl (C=O) groups is 4. The lowest BCUT2D eigenvalue weighted by Gasteiger charge is -2.40. The summed E-state index contributed by atoms with van der Waals surface area (Å²) in [6, 6.07) is 10.6. The molecule has 3 atom stereocenters. The number of amides is 2. The van der Waals surface area contributed by atoms with E-state index in [-0.39, 0.29) is 47.0 Å². The molecule has 3 aliphatic rings. The second-order valence-electron chi connectivity index (χ2n) is 11.4. The number of benzene rings is 2. The van der Waals surface area contributed by atoms with Crippen LogP contribution in [-0.2, 0) is 20.8 Å². The second kappa shape index (κ2) is 8.97. The normalized spacial score (nSPS) is 22.7. The molecule has 2 aromatic carbocycles. The molecule has 0 bridgehead atoms. The van der Waals surface area contributed by atoms with E-state index in [1.807, 2.05) is 32.9 Å². The van der Waals surface area contributed by atoms with E-state index >= 15 is 0 Å². The third-order valence-corrected chi connectivity index (χ3v) is 7.80. The van der Waals surface area contributed by atoms with E-state index in [0.717, 1.165) is 16.7 Å². The topological polar surface area (TPSA) is 147 Å². The lowest BCUT2D eigenvalue weighted by Crippen LogP contribution is -2.39. The van der Waals surface area contributed by atoms with Crippen LogP contribution in [0.15, 0.2) is 59.4 Å². The summed E-state index contributed by atoms with van der Waals surface area (Å²) in [5.74, 6) is -3.47. The van der Waals surface area contributed by atoms with Crippen molar-refractivity contribution in [2.24, 2.45) is 28.9 Å². The van der Waals surface area contributed by atoms with Gasteiger partial charge in [-0.15, -0.1) is 0 Å². The Kier molecular flexibility index (Phi) is 6.01. The molecule has 0 aromatic heterocycles. The third-order valence-electron chi connectivity index (χ3n) is 7.80. The fraction of sp³-hybridized carbons (Fsp3) is 0.333. The van der Waals surface area contributed by atoms with Gasteiger partial charge >= 0.3 is 0 Å². The van der Waals surface area contributed by atoms with E-state index in [1.54, 1.807) is 24.3 Å². The number of ketones is 2. The Morgan fingerprint density at radius 2 is 1.68 bits per heavy atom. The quantitative estimate of drug-likeness (QED) is 0.451. The number of nitrogens with one attached hydrogen (secondary N) is 1. The maximum atomic E-state index is 13.7. The highest BCUT2D eigenvalue weighted by Crippen LogP contribution is 2.49. The van der Waals surface area contributed by atoms with Gasteiger partial charge in [-0.1, -0.05) is 45.0 Å². The van der Waals surface area contributed by atoms with Crippen molar-refractivity contribution in [3.8, 4) is 16.9 Å². The van der Waals surface area contributed by atoms with Crippen molar-refractivity contribution in [1.82, 2.24) is 0 Å². The summed E-state index contributed by atoms with van der Waals surface area (Å²) < 4.78 is 0. The van der Waals surface area contributed by atoms with E-state index in [1.165, 1.54) is 6.07 Å². The van der Waals surface area contributed by atoms with Crippen LogP contribution >= 0.6 is 0 Å². The molecule has 3 aliphatic carbocycles. The van der Waals surface area contributed by atoms with Gasteiger partial charge in [0.15, 0.2) is 11.6 Å². The molecule has 0 radical (unpaired) electrons. The number of phenolic OH excluding ortho intramolecular Hbond substituents is 1. The molecular formula is C30H30N2O6. The van der Waals surface area contributed by atoms with Gasteiger partial charge in [0.1, 0.15) is 17.1 Å². The maximum Gasteiger partial charge on any atom is 0.255 e. The fourth-order valence-electron chi connectivity index (χ4n) is 5.80. The summed E-state index contributed by atoms with van der Waals surface area (Å²) in [5.41, 5.74) is 8.11. The van der Waals surface area contributed by atoms with Gasteiger partial charge in [-0.3, -0.25) is 19.2 Å². The predicted molar refractivity (Wildman–Crippen MR) is 141 cm³/mol. The number of fused-ring (bicyclic) bond motifs is 3. The highest BCUT2D eigenvalue weighted by Gasteiger charge is 2.45. The van der Waals surface area contributed by atoms with Crippen molar-refractivity contribution in [3.63, 3.8) is 0 Å². The Bertz CT molecular complexity index is 1460. The SMILES string of the molecule is CC(C)(C)C(=O)Nc1ccc(-c2ccc(O)c3c2C[C@H]2C[C@H]4CC(=O)C(C(N)=O)=C(O)C4C=C2C3=O)cc1. The van der Waals surface area contributed by atoms with Crippen molar-refractivity contribution in [1.29, 1.82) is 0 Å². The van der Waals surface area contributed by atoms with E-state index in [0.29, 0.717) is 24.1 Å². The second-order valence-corrected chi connectivity index (χ2v) is 11.4. The van der Waals surface area contributed by atoms with Gasteiger partial charge in [0.05, 0.1) is 5.56 Å². The highest BCUT2D eigenvalue weighted by atomic mass is 16.3. The monoisotopic (exact) mass is 514 g/mol. The molecule has 0 saturated heterocycles. The summed E-state index contributed by atoms with van der Waals surface area (Å²) in [5, 5.41) is 24.3. The van der Waals surface area contributed by atoms with E-state index in [4.69, 9.17) is 5.73 Å². The van der Waals surface area contributed by atoms with Crippen LogP contribution in [0.1, 0.15) is 49.5 Å². The van der Waals surface area contributed by atoms with E-state index in [2.05, 4.69) is 5.32 Å². The van der Waals surface area contributed by atoms with Gasteiger partial charge in [-0.05, 0) is 59.6 Å². The molecule has 0 saturated carbocycles. The van der Waals surface area contributed by atoms with Gasteiger partial charge in [-0.25, -0.2) is 0 Å². The van der Waals surface area contributed by atoms with Crippen LogP contribution in [0.2, 0.25) is 0 Å². The van der Waals surface area contributed by atoms with Gasteiger partial charge in [0.25, 0.3) is 5.91 Å². The minimum atomic E-state index is -0.974. The molecule has 2 amide bonds. The molecule has 8 nitrogen and oxygen atoms in total. The Hall–Kier alpha value is -4.20. The first kappa shape index (κ1) is 25.4. The van der Waals surface area contributed by atoms with Crippen molar-refractivity contribution < 1.29 is 29.4 Å². The van der Waals surface area contributed by atoms with Crippen LogP contribution in [-0.4, -0.2) is 33.6 Å². The Morgan fingerprint density at radius 1 is 1.00 bits per heavy atom. The highest BCUT2D eigenvalue weighted by molar-refractivity contribution is 6.20. The number of phenols is 1. The Balaban J connectivity index is 1.51. The van der Waals surface area contributed by atoms with Crippen LogP contribution in [0.25, 0.3) is 11.1 Å². The average Bonchev–Trinajstić information content (AvgIpc) is 2.83. The minimum Gasteiger partial charge on any atom is -0.511 e. The zero-order valence-electron chi connectivity index (χ0n) is 21.5. The summed E-state index contributed by atoms with van der Waals surface area (Å²) in [7, 11) is 0. The molecule has 8 heteroatoms. The van der Waals surface area contributed by atoms with Gasteiger partial charge in [0.2, 0.25) is 5.91 Å². The van der Waals surface area contributed by atoms with Crippen LogP contribution in [0.4, 0.5) is 5.69 Å². The average molecular weight is 515 g/mol. The third kappa shape index (κ3) is 4.20. The van der Waals surface area contributed by atoms with Gasteiger partial charge in [-0.2, -0.15) is 0 Å². The summed E-state index contributed by atoms with van der Waals surface area (Å²) in [6.07, 6.45) is 2.68. The smallest absolute Gasteiger partial charge is 0.255 e. The van der Waals surface area contributed by atoms with Crippen molar-refractivity contribution >= 4 is 29.1 Å². The number of anilines is 1. The van der Waals surface area contributed by atoms with E-state index in [9.17, 15) is 29.4 Å². The minimum absolute atomic E-state index is 0.0724. The first-order valence-electron chi connectivity index (χ1n) is 12.7. The number of aliphatic hydroxyl groups excluding tert-OH is 1. The Morgan fingerprint density at radius 3 is 2.32 bits per heavy atom. The zero-order chi connectivity index (χ0) is 27.5. The largest absolute Gasteiger partial charge is 0.511 e. The van der Waals surface area contributed by atoms with Crippen LogP contribution in [0.5, 0.6) is 5.75 Å². The molecular weight excluding hydrogens is 484 g/mol. The predicted octanol–water partition coefficient (Wildman–Crippen LogP) is 4.23. The van der Waals surface area contributed by atoms with Crippen LogP contribution in [0, 0.1) is 23.2 Å². The van der Waals surface area contributed by atoms with Crippen molar-refractivity contribution in [2.75, 3.05) is 5.32 Å². The van der Waals surface area contributed by atoms with Gasteiger partial charge < -0.3 is 21.3 Å².